The van der Waals surface area contributed by atoms with Crippen LogP contribution in [0.3, 0.4) is 0 Å². The Morgan fingerprint density at radius 2 is 1.86 bits per heavy atom. The molecule has 1 N–H and O–H groups in total. The lowest BCUT2D eigenvalue weighted by Crippen LogP contribution is -2.00. The van der Waals surface area contributed by atoms with Crippen LogP contribution in [0.4, 0.5) is 5.69 Å². The molecule has 0 amide bonds. The van der Waals surface area contributed by atoms with Crippen molar-refractivity contribution in [1.29, 1.82) is 0 Å². The molecule has 2 aromatic carbocycles. The molecule has 0 fully saturated rings. The number of halogens is 2. The van der Waals surface area contributed by atoms with Crippen LogP contribution in [0.2, 0.25) is 5.02 Å². The van der Waals surface area contributed by atoms with Crippen LogP contribution in [0.1, 0.15) is 12.0 Å². The van der Waals surface area contributed by atoms with E-state index >= 15 is 0 Å². The first-order valence-corrected chi connectivity index (χ1v) is 7.97. The fourth-order valence-corrected chi connectivity index (χ4v) is 2.62. The Balaban J connectivity index is 1.70. The van der Waals surface area contributed by atoms with Crippen molar-refractivity contribution in [1.82, 2.24) is 0 Å². The smallest absolute Gasteiger partial charge is 0.161 e. The predicted octanol–water partition coefficient (Wildman–Crippen LogP) is 4.88. The van der Waals surface area contributed by atoms with E-state index in [9.17, 15) is 0 Å². The van der Waals surface area contributed by atoms with Crippen LogP contribution < -0.4 is 14.8 Å². The summed E-state index contributed by atoms with van der Waals surface area (Å²) >= 11 is 9.41. The van der Waals surface area contributed by atoms with Crippen LogP contribution in [-0.2, 0) is 6.54 Å². The Morgan fingerprint density at radius 3 is 2.67 bits per heavy atom. The highest BCUT2D eigenvalue weighted by Gasteiger charge is 2.10. The van der Waals surface area contributed by atoms with Crippen molar-refractivity contribution in [3.63, 3.8) is 0 Å². The second-order valence-corrected chi connectivity index (χ2v) is 6.08. The fourth-order valence-electron chi connectivity index (χ4n) is 2.13. The van der Waals surface area contributed by atoms with Gasteiger partial charge in [0.15, 0.2) is 11.5 Å². The zero-order valence-corrected chi connectivity index (χ0v) is 13.7. The van der Waals surface area contributed by atoms with Gasteiger partial charge >= 0.3 is 0 Å². The van der Waals surface area contributed by atoms with Crippen molar-refractivity contribution < 1.29 is 9.47 Å². The fraction of sp³-hybridized carbons (Fsp3) is 0.250. The monoisotopic (exact) mass is 367 g/mol. The highest BCUT2D eigenvalue weighted by atomic mass is 79.9. The number of nitrogens with one attached hydrogen (secondary N) is 1. The zero-order valence-electron chi connectivity index (χ0n) is 11.4. The maximum atomic E-state index is 5.99. The maximum Gasteiger partial charge on any atom is 0.161 e. The molecule has 21 heavy (non-hydrogen) atoms. The molecule has 1 aliphatic rings. The third-order valence-corrected chi connectivity index (χ3v) is 4.44. The Labute approximate surface area is 137 Å². The van der Waals surface area contributed by atoms with Gasteiger partial charge in [0.25, 0.3) is 0 Å². The van der Waals surface area contributed by atoms with Crippen LogP contribution in [0.5, 0.6) is 11.5 Å². The molecule has 0 bridgehead atoms. The van der Waals surface area contributed by atoms with E-state index in [0.29, 0.717) is 24.8 Å². The molecular formula is C16H15BrClNO2. The lowest BCUT2D eigenvalue weighted by molar-refractivity contribution is 0.297. The molecule has 3 nitrogen and oxygen atoms in total. The molecule has 0 aliphatic carbocycles. The maximum absolute atomic E-state index is 5.99. The first-order valence-electron chi connectivity index (χ1n) is 6.80. The molecule has 1 aliphatic heterocycles. The molecule has 5 heteroatoms. The normalized spacial score (nSPS) is 13.6. The summed E-state index contributed by atoms with van der Waals surface area (Å²) in [6.07, 6.45) is 0.918. The molecule has 0 saturated heterocycles. The van der Waals surface area contributed by atoms with Gasteiger partial charge in [-0.3, -0.25) is 0 Å². The van der Waals surface area contributed by atoms with Crippen LogP contribution >= 0.6 is 27.5 Å². The molecule has 0 spiro atoms. The Kier molecular flexibility index (Phi) is 4.56. The van der Waals surface area contributed by atoms with Crippen molar-refractivity contribution in [2.45, 2.75) is 13.0 Å². The lowest BCUT2D eigenvalue weighted by Gasteiger charge is -2.11. The van der Waals surface area contributed by atoms with E-state index in [1.54, 1.807) is 0 Å². The lowest BCUT2D eigenvalue weighted by atomic mass is 10.2. The van der Waals surface area contributed by atoms with Crippen molar-refractivity contribution in [2.24, 2.45) is 0 Å². The van der Waals surface area contributed by atoms with E-state index in [1.807, 2.05) is 36.4 Å². The summed E-state index contributed by atoms with van der Waals surface area (Å²) in [5, 5.41) is 4.07. The Morgan fingerprint density at radius 1 is 1.05 bits per heavy atom. The topological polar surface area (TPSA) is 30.5 Å². The summed E-state index contributed by atoms with van der Waals surface area (Å²) < 4.78 is 12.2. The summed E-state index contributed by atoms with van der Waals surface area (Å²) in [7, 11) is 0. The third-order valence-electron chi connectivity index (χ3n) is 3.23. The molecule has 3 rings (SSSR count). The molecule has 0 saturated carbocycles. The van der Waals surface area contributed by atoms with Crippen LogP contribution in [-0.4, -0.2) is 13.2 Å². The summed E-state index contributed by atoms with van der Waals surface area (Å²) in [5.74, 6) is 1.65. The Hall–Kier alpha value is -1.39. The standard InChI is InChI=1S/C16H15BrClNO2/c17-13-9-12(3-4-14(13)18)19-10-11-2-5-15-16(8-11)21-7-1-6-20-15/h2-5,8-9,19H,1,6-7,10H2. The van der Waals surface area contributed by atoms with Gasteiger partial charge in [0.05, 0.1) is 18.2 Å². The van der Waals surface area contributed by atoms with Gasteiger partial charge in [0, 0.05) is 23.1 Å². The summed E-state index contributed by atoms with van der Waals surface area (Å²) in [6, 6.07) is 11.8. The number of anilines is 1. The molecule has 0 radical (unpaired) electrons. The SMILES string of the molecule is Clc1ccc(NCc2ccc3c(c2)OCCCO3)cc1Br. The van der Waals surface area contributed by atoms with E-state index in [1.165, 1.54) is 0 Å². The number of hydrogen-bond donors (Lipinski definition) is 1. The second-order valence-electron chi connectivity index (χ2n) is 4.81. The Bertz CT molecular complexity index is 648. The molecule has 2 aromatic rings. The van der Waals surface area contributed by atoms with E-state index in [0.717, 1.165) is 33.6 Å². The molecule has 0 unspecified atom stereocenters. The van der Waals surface area contributed by atoms with E-state index in [-0.39, 0.29) is 0 Å². The van der Waals surface area contributed by atoms with E-state index in [2.05, 4.69) is 21.2 Å². The molecule has 0 aromatic heterocycles. The first kappa shape index (κ1) is 14.5. The minimum atomic E-state index is 0.702. The van der Waals surface area contributed by atoms with Crippen molar-refractivity contribution in [2.75, 3.05) is 18.5 Å². The van der Waals surface area contributed by atoms with Crippen LogP contribution in [0.25, 0.3) is 0 Å². The molecular weight excluding hydrogens is 354 g/mol. The second kappa shape index (κ2) is 6.58. The van der Waals surface area contributed by atoms with Gasteiger partial charge in [-0.15, -0.1) is 0 Å². The summed E-state index contributed by atoms with van der Waals surface area (Å²) in [4.78, 5) is 0. The summed E-state index contributed by atoms with van der Waals surface area (Å²) in [5.41, 5.74) is 2.16. The number of benzene rings is 2. The largest absolute Gasteiger partial charge is 0.490 e. The van der Waals surface area contributed by atoms with Gasteiger partial charge in [-0.2, -0.15) is 0 Å². The average molecular weight is 369 g/mol. The molecule has 1 heterocycles. The van der Waals surface area contributed by atoms with Crippen LogP contribution in [0.15, 0.2) is 40.9 Å². The van der Waals surface area contributed by atoms with Gasteiger partial charge in [0.1, 0.15) is 0 Å². The third kappa shape index (κ3) is 3.63. The minimum absolute atomic E-state index is 0.702. The number of rotatable bonds is 3. The number of fused-ring (bicyclic) bond motifs is 1. The van der Waals surface area contributed by atoms with Gasteiger partial charge in [-0.1, -0.05) is 17.7 Å². The molecule has 0 atom stereocenters. The average Bonchev–Trinajstić information content (AvgIpc) is 2.73. The van der Waals surface area contributed by atoms with Gasteiger partial charge in [-0.05, 0) is 51.8 Å². The van der Waals surface area contributed by atoms with Crippen molar-refractivity contribution in [3.8, 4) is 11.5 Å². The number of ether oxygens (including phenoxy) is 2. The highest BCUT2D eigenvalue weighted by Crippen LogP contribution is 2.31. The van der Waals surface area contributed by atoms with E-state index < -0.39 is 0 Å². The quantitative estimate of drug-likeness (QED) is 0.838. The van der Waals surface area contributed by atoms with Gasteiger partial charge < -0.3 is 14.8 Å². The zero-order chi connectivity index (χ0) is 14.7. The van der Waals surface area contributed by atoms with Gasteiger partial charge in [-0.25, -0.2) is 0 Å². The van der Waals surface area contributed by atoms with Crippen molar-refractivity contribution in [3.05, 3.63) is 51.5 Å². The van der Waals surface area contributed by atoms with Crippen molar-refractivity contribution >= 4 is 33.2 Å². The minimum Gasteiger partial charge on any atom is -0.490 e. The number of hydrogen-bond acceptors (Lipinski definition) is 3. The first-order chi connectivity index (χ1) is 10.2. The van der Waals surface area contributed by atoms with Crippen LogP contribution in [0, 0.1) is 0 Å². The van der Waals surface area contributed by atoms with E-state index in [4.69, 9.17) is 21.1 Å². The predicted molar refractivity (Wildman–Crippen MR) is 88.5 cm³/mol. The highest BCUT2D eigenvalue weighted by molar-refractivity contribution is 9.10. The summed E-state index contributed by atoms with van der Waals surface area (Å²) in [6.45, 7) is 2.13. The molecule has 110 valence electrons. The van der Waals surface area contributed by atoms with Gasteiger partial charge in [0.2, 0.25) is 0 Å².